The molecule has 5 heteroatoms. The lowest BCUT2D eigenvalue weighted by atomic mass is 10.0. The fraction of sp³-hybridized carbons (Fsp3) is 0.286. The Morgan fingerprint density at radius 1 is 1.32 bits per heavy atom. The molecule has 2 aromatic rings. The standard InChI is InChI=1S/C14H16N2O3/c1-9(17)16-8-12(18)14(19)13-11-5-3-2-4-10(11)6-7-15-13/h2-7,12,14,18-19H,8H2,1H3,(H,16,17). The zero-order chi connectivity index (χ0) is 13.8. The van der Waals surface area contributed by atoms with E-state index in [4.69, 9.17) is 0 Å². The van der Waals surface area contributed by atoms with E-state index in [1.165, 1.54) is 6.92 Å². The van der Waals surface area contributed by atoms with Crippen molar-refractivity contribution in [1.29, 1.82) is 0 Å². The van der Waals surface area contributed by atoms with Crippen LogP contribution >= 0.6 is 0 Å². The Morgan fingerprint density at radius 3 is 2.79 bits per heavy atom. The Hall–Kier alpha value is -1.98. The van der Waals surface area contributed by atoms with Crippen LogP contribution < -0.4 is 5.32 Å². The first-order valence-electron chi connectivity index (χ1n) is 6.04. The topological polar surface area (TPSA) is 82.5 Å². The molecule has 0 aliphatic heterocycles. The summed E-state index contributed by atoms with van der Waals surface area (Å²) in [6.07, 6.45) is -0.647. The zero-order valence-electron chi connectivity index (χ0n) is 10.6. The second-order valence-electron chi connectivity index (χ2n) is 4.37. The normalized spacial score (nSPS) is 14.1. The van der Waals surface area contributed by atoms with Crippen LogP contribution in [0.15, 0.2) is 36.5 Å². The van der Waals surface area contributed by atoms with E-state index in [0.29, 0.717) is 5.69 Å². The fourth-order valence-corrected chi connectivity index (χ4v) is 1.92. The minimum absolute atomic E-state index is 0.0125. The van der Waals surface area contributed by atoms with Gasteiger partial charge in [0.05, 0.1) is 5.69 Å². The molecule has 2 rings (SSSR count). The van der Waals surface area contributed by atoms with Crippen molar-refractivity contribution in [3.8, 4) is 0 Å². The number of benzene rings is 1. The largest absolute Gasteiger partial charge is 0.388 e. The smallest absolute Gasteiger partial charge is 0.216 e. The predicted octanol–water partition coefficient (Wildman–Crippen LogP) is 0.765. The average molecular weight is 260 g/mol. The van der Waals surface area contributed by atoms with Crippen molar-refractivity contribution >= 4 is 16.7 Å². The van der Waals surface area contributed by atoms with Gasteiger partial charge in [0.15, 0.2) is 0 Å². The predicted molar refractivity (Wildman–Crippen MR) is 71.4 cm³/mol. The van der Waals surface area contributed by atoms with E-state index in [1.807, 2.05) is 30.3 Å². The number of nitrogens with one attached hydrogen (secondary N) is 1. The molecule has 0 aliphatic rings. The molecule has 0 saturated carbocycles. The SMILES string of the molecule is CC(=O)NCC(O)C(O)c1nccc2ccccc12. The van der Waals surface area contributed by atoms with Crippen molar-refractivity contribution in [1.82, 2.24) is 10.3 Å². The third-order valence-electron chi connectivity index (χ3n) is 2.91. The maximum absolute atomic E-state index is 10.8. The summed E-state index contributed by atoms with van der Waals surface area (Å²) in [6, 6.07) is 9.33. The number of pyridine rings is 1. The summed E-state index contributed by atoms with van der Waals surface area (Å²) in [7, 11) is 0. The van der Waals surface area contributed by atoms with Crippen LogP contribution in [0.5, 0.6) is 0 Å². The highest BCUT2D eigenvalue weighted by Crippen LogP contribution is 2.23. The van der Waals surface area contributed by atoms with Gasteiger partial charge in [-0.05, 0) is 11.5 Å². The highest BCUT2D eigenvalue weighted by Gasteiger charge is 2.21. The van der Waals surface area contributed by atoms with Crippen molar-refractivity contribution in [2.45, 2.75) is 19.1 Å². The zero-order valence-corrected chi connectivity index (χ0v) is 10.6. The molecule has 1 heterocycles. The highest BCUT2D eigenvalue weighted by molar-refractivity contribution is 5.84. The molecule has 5 nitrogen and oxygen atoms in total. The number of aliphatic hydroxyl groups is 2. The van der Waals surface area contributed by atoms with Crippen LogP contribution in [-0.2, 0) is 4.79 Å². The number of aliphatic hydroxyl groups excluding tert-OH is 2. The molecular formula is C14H16N2O3. The molecule has 0 radical (unpaired) electrons. The maximum Gasteiger partial charge on any atom is 0.216 e. The van der Waals surface area contributed by atoms with Gasteiger partial charge in [-0.1, -0.05) is 24.3 Å². The molecule has 0 aliphatic carbocycles. The Morgan fingerprint density at radius 2 is 2.05 bits per heavy atom. The van der Waals surface area contributed by atoms with Gasteiger partial charge in [0.1, 0.15) is 12.2 Å². The van der Waals surface area contributed by atoms with Gasteiger partial charge in [0.25, 0.3) is 0 Å². The summed E-state index contributed by atoms with van der Waals surface area (Å²) in [5.74, 6) is -0.253. The Labute approximate surface area is 110 Å². The monoisotopic (exact) mass is 260 g/mol. The van der Waals surface area contributed by atoms with Crippen molar-refractivity contribution in [2.24, 2.45) is 0 Å². The molecule has 1 amide bonds. The minimum Gasteiger partial charge on any atom is -0.388 e. The summed E-state index contributed by atoms with van der Waals surface area (Å²) in [4.78, 5) is 14.9. The second-order valence-corrected chi connectivity index (χ2v) is 4.37. The Bertz CT molecular complexity index is 580. The van der Waals surface area contributed by atoms with E-state index in [0.717, 1.165) is 10.8 Å². The van der Waals surface area contributed by atoms with E-state index < -0.39 is 12.2 Å². The lowest BCUT2D eigenvalue weighted by Crippen LogP contribution is -2.34. The summed E-state index contributed by atoms with van der Waals surface area (Å²) in [6.45, 7) is 1.34. The van der Waals surface area contributed by atoms with Crippen LogP contribution in [0.4, 0.5) is 0 Å². The number of hydrogen-bond acceptors (Lipinski definition) is 4. The first-order valence-corrected chi connectivity index (χ1v) is 6.04. The van der Waals surface area contributed by atoms with Crippen LogP contribution in [0.3, 0.4) is 0 Å². The van der Waals surface area contributed by atoms with Gasteiger partial charge in [0.2, 0.25) is 5.91 Å². The van der Waals surface area contributed by atoms with Crippen molar-refractivity contribution < 1.29 is 15.0 Å². The number of amides is 1. The van der Waals surface area contributed by atoms with E-state index in [2.05, 4.69) is 10.3 Å². The molecule has 2 unspecified atom stereocenters. The molecule has 1 aromatic carbocycles. The molecule has 1 aromatic heterocycles. The summed E-state index contributed by atoms with van der Waals surface area (Å²) >= 11 is 0. The number of carbonyl (C=O) groups excluding carboxylic acids is 1. The summed E-state index contributed by atoms with van der Waals surface area (Å²) < 4.78 is 0. The summed E-state index contributed by atoms with van der Waals surface area (Å²) in [5, 5.41) is 24.2. The minimum atomic E-state index is -1.14. The molecule has 0 fully saturated rings. The van der Waals surface area contributed by atoms with Crippen molar-refractivity contribution in [2.75, 3.05) is 6.54 Å². The molecule has 0 saturated heterocycles. The van der Waals surface area contributed by atoms with Gasteiger partial charge in [-0.25, -0.2) is 0 Å². The third kappa shape index (κ3) is 3.07. The molecule has 3 N–H and O–H groups in total. The van der Waals surface area contributed by atoms with E-state index in [-0.39, 0.29) is 12.5 Å². The number of rotatable bonds is 4. The third-order valence-corrected chi connectivity index (χ3v) is 2.91. The van der Waals surface area contributed by atoms with Gasteiger partial charge >= 0.3 is 0 Å². The van der Waals surface area contributed by atoms with Crippen LogP contribution in [0.1, 0.15) is 18.7 Å². The van der Waals surface area contributed by atoms with Crippen molar-refractivity contribution in [3.05, 3.63) is 42.2 Å². The molecule has 0 bridgehead atoms. The first-order chi connectivity index (χ1) is 9.09. The fourth-order valence-electron chi connectivity index (χ4n) is 1.92. The molecule has 19 heavy (non-hydrogen) atoms. The van der Waals surface area contributed by atoms with Crippen LogP contribution in [-0.4, -0.2) is 33.8 Å². The van der Waals surface area contributed by atoms with Crippen molar-refractivity contribution in [3.63, 3.8) is 0 Å². The average Bonchev–Trinajstić information content (AvgIpc) is 2.43. The number of aromatic nitrogens is 1. The van der Waals surface area contributed by atoms with Gasteiger partial charge in [-0.15, -0.1) is 0 Å². The van der Waals surface area contributed by atoms with Crippen LogP contribution in [0, 0.1) is 0 Å². The Balaban J connectivity index is 2.25. The number of fused-ring (bicyclic) bond motifs is 1. The number of nitrogens with zero attached hydrogens (tertiary/aromatic N) is 1. The molecule has 0 spiro atoms. The van der Waals surface area contributed by atoms with Gasteiger partial charge < -0.3 is 15.5 Å². The molecule has 2 atom stereocenters. The highest BCUT2D eigenvalue weighted by atomic mass is 16.3. The van der Waals surface area contributed by atoms with Gasteiger partial charge in [0, 0.05) is 25.1 Å². The quantitative estimate of drug-likeness (QED) is 0.758. The Kier molecular flexibility index (Phi) is 4.09. The van der Waals surface area contributed by atoms with Crippen LogP contribution in [0.25, 0.3) is 10.8 Å². The van der Waals surface area contributed by atoms with E-state index in [1.54, 1.807) is 6.20 Å². The lowest BCUT2D eigenvalue weighted by molar-refractivity contribution is -0.119. The molecular weight excluding hydrogens is 244 g/mol. The number of carbonyl (C=O) groups is 1. The maximum atomic E-state index is 10.8. The second kappa shape index (κ2) is 5.77. The van der Waals surface area contributed by atoms with Crippen LogP contribution in [0.2, 0.25) is 0 Å². The molecule has 100 valence electrons. The first kappa shape index (κ1) is 13.5. The van der Waals surface area contributed by atoms with Gasteiger partial charge in [-0.3, -0.25) is 9.78 Å². The number of hydrogen-bond donors (Lipinski definition) is 3. The van der Waals surface area contributed by atoms with E-state index >= 15 is 0 Å². The van der Waals surface area contributed by atoms with E-state index in [9.17, 15) is 15.0 Å². The summed E-state index contributed by atoms with van der Waals surface area (Å²) in [5.41, 5.74) is 0.413. The lowest BCUT2D eigenvalue weighted by Gasteiger charge is -2.18. The van der Waals surface area contributed by atoms with Gasteiger partial charge in [-0.2, -0.15) is 0 Å².